The maximum absolute atomic E-state index is 14.7. The summed E-state index contributed by atoms with van der Waals surface area (Å²) in [5.74, 6) is -10.2. The van der Waals surface area contributed by atoms with Crippen molar-refractivity contribution in [2.75, 3.05) is 0 Å². The van der Waals surface area contributed by atoms with E-state index in [1.54, 1.807) is 91.0 Å². The minimum atomic E-state index is -3.19. The first-order chi connectivity index (χ1) is 15.0. The molecule has 4 aromatic rings. The monoisotopic (exact) mass is 443 g/mol. The maximum atomic E-state index is 14.7. The van der Waals surface area contributed by atoms with Gasteiger partial charge < -0.3 is 0 Å². The first-order valence-electron chi connectivity index (χ1n) is 9.27. The van der Waals surface area contributed by atoms with E-state index < -0.39 is 41.8 Å². The summed E-state index contributed by atoms with van der Waals surface area (Å²) in [5, 5.41) is 1.82. The minimum absolute atomic E-state index is 0.608. The third-order valence-corrected chi connectivity index (χ3v) is 8.46. The first kappa shape index (κ1) is 21.0. The van der Waals surface area contributed by atoms with Crippen LogP contribution in [0.4, 0.5) is 27.6 Å². The summed E-state index contributed by atoms with van der Waals surface area (Å²) in [6.07, 6.45) is 0. The van der Waals surface area contributed by atoms with Gasteiger partial charge in [-0.05, 0) is 0 Å². The van der Waals surface area contributed by atoms with Gasteiger partial charge in [0.15, 0.2) is 23.3 Å². The Kier molecular flexibility index (Phi) is 5.75. The fourth-order valence-corrected chi connectivity index (χ4v) is 6.91. The molecule has 0 radical (unpaired) electrons. The summed E-state index contributed by atoms with van der Waals surface area (Å²) in [6, 6.07) is 26.2. The van der Waals surface area contributed by atoms with Crippen molar-refractivity contribution in [2.24, 2.45) is 4.74 Å². The normalized spacial score (nSPS) is 11.4. The molecule has 0 amide bonds. The molecule has 4 aromatic carbocycles. The molecule has 0 bridgehead atoms. The summed E-state index contributed by atoms with van der Waals surface area (Å²) < 4.78 is 75.3. The lowest BCUT2D eigenvalue weighted by molar-refractivity contribution is 0.381. The van der Waals surface area contributed by atoms with Crippen LogP contribution in [0.15, 0.2) is 95.7 Å². The highest BCUT2D eigenvalue weighted by atomic mass is 31.2. The van der Waals surface area contributed by atoms with Crippen molar-refractivity contribution in [1.29, 1.82) is 0 Å². The van der Waals surface area contributed by atoms with Crippen molar-refractivity contribution < 1.29 is 22.0 Å². The van der Waals surface area contributed by atoms with Crippen molar-refractivity contribution >= 4 is 28.7 Å². The second-order valence-electron chi connectivity index (χ2n) is 6.66. The zero-order valence-electron chi connectivity index (χ0n) is 15.9. The standard InChI is InChI=1S/C24H15F5NP/c25-19-20(26)22(28)24(23(29)21(19)27)30-31(16-10-4-1-5-11-16,17-12-6-2-7-13-17)18-14-8-3-9-15-18/h1-15H. The smallest absolute Gasteiger partial charge is 0.200 e. The van der Waals surface area contributed by atoms with Crippen LogP contribution in [0.3, 0.4) is 0 Å². The molecule has 31 heavy (non-hydrogen) atoms. The van der Waals surface area contributed by atoms with Gasteiger partial charge in [0, 0.05) is 15.9 Å². The Morgan fingerprint density at radius 1 is 0.419 bits per heavy atom. The van der Waals surface area contributed by atoms with Gasteiger partial charge in [-0.2, -0.15) is 0 Å². The molecule has 0 aromatic heterocycles. The lowest BCUT2D eigenvalue weighted by Gasteiger charge is -2.27. The highest BCUT2D eigenvalue weighted by Crippen LogP contribution is 2.50. The molecule has 0 saturated heterocycles. The van der Waals surface area contributed by atoms with Crippen LogP contribution in [0, 0.1) is 29.1 Å². The number of rotatable bonds is 4. The molecule has 1 nitrogen and oxygen atoms in total. The summed E-state index contributed by atoms with van der Waals surface area (Å²) in [5.41, 5.74) is -1.18. The van der Waals surface area contributed by atoms with E-state index in [1.165, 1.54) is 0 Å². The molecular formula is C24H15F5NP. The predicted molar refractivity (Wildman–Crippen MR) is 113 cm³/mol. The average Bonchev–Trinajstić information content (AvgIpc) is 2.83. The zero-order valence-corrected chi connectivity index (χ0v) is 16.8. The molecule has 0 aliphatic rings. The van der Waals surface area contributed by atoms with Crippen LogP contribution in [-0.4, -0.2) is 0 Å². The van der Waals surface area contributed by atoms with Gasteiger partial charge in [0.25, 0.3) is 0 Å². The topological polar surface area (TPSA) is 12.4 Å². The van der Waals surface area contributed by atoms with E-state index in [1.807, 2.05) is 0 Å². The third kappa shape index (κ3) is 3.57. The Labute approximate surface area is 175 Å². The quantitative estimate of drug-likeness (QED) is 0.154. The van der Waals surface area contributed by atoms with E-state index in [2.05, 4.69) is 4.74 Å². The first-order valence-corrected chi connectivity index (χ1v) is 11.0. The number of benzene rings is 4. The Morgan fingerprint density at radius 3 is 1.03 bits per heavy atom. The highest BCUT2D eigenvalue weighted by Gasteiger charge is 2.32. The van der Waals surface area contributed by atoms with E-state index in [4.69, 9.17) is 0 Å². The summed E-state index contributed by atoms with van der Waals surface area (Å²) in [7, 11) is -3.19. The summed E-state index contributed by atoms with van der Waals surface area (Å²) in [4.78, 5) is 0. The molecular weight excluding hydrogens is 428 g/mol. The van der Waals surface area contributed by atoms with Crippen LogP contribution in [0.1, 0.15) is 0 Å². The Balaban J connectivity index is 2.23. The highest BCUT2D eigenvalue weighted by molar-refractivity contribution is 7.87. The van der Waals surface area contributed by atoms with Crippen molar-refractivity contribution in [1.82, 2.24) is 0 Å². The minimum Gasteiger partial charge on any atom is -0.247 e. The lowest BCUT2D eigenvalue weighted by atomic mass is 10.2. The van der Waals surface area contributed by atoms with Crippen molar-refractivity contribution in [2.45, 2.75) is 0 Å². The van der Waals surface area contributed by atoms with Crippen LogP contribution >= 0.6 is 7.05 Å². The largest absolute Gasteiger partial charge is 0.247 e. The number of hydrogen-bond acceptors (Lipinski definition) is 1. The van der Waals surface area contributed by atoms with Crippen LogP contribution in [0.5, 0.6) is 0 Å². The van der Waals surface area contributed by atoms with Crippen molar-refractivity contribution in [3.05, 3.63) is 120 Å². The Bertz CT molecular complexity index is 1140. The third-order valence-electron chi connectivity index (χ3n) is 4.83. The van der Waals surface area contributed by atoms with Gasteiger partial charge in [0.05, 0.1) is 7.05 Å². The molecule has 7 heteroatoms. The number of halogens is 5. The molecule has 0 spiro atoms. The summed E-state index contributed by atoms with van der Waals surface area (Å²) >= 11 is 0. The summed E-state index contributed by atoms with van der Waals surface area (Å²) in [6.45, 7) is 0. The Hall–Kier alpha value is -3.24. The molecule has 0 unspecified atom stereocenters. The van der Waals surface area contributed by atoms with E-state index >= 15 is 0 Å². The van der Waals surface area contributed by atoms with Crippen molar-refractivity contribution in [3.8, 4) is 0 Å². The average molecular weight is 443 g/mol. The Morgan fingerprint density at radius 2 is 0.710 bits per heavy atom. The van der Waals surface area contributed by atoms with Gasteiger partial charge in [-0.1, -0.05) is 91.0 Å². The van der Waals surface area contributed by atoms with Gasteiger partial charge in [-0.15, -0.1) is 0 Å². The van der Waals surface area contributed by atoms with Gasteiger partial charge in [-0.25, -0.2) is 26.7 Å². The fourth-order valence-electron chi connectivity index (χ4n) is 3.38. The molecule has 0 heterocycles. The molecule has 0 aliphatic carbocycles. The van der Waals surface area contributed by atoms with Crippen LogP contribution in [0.2, 0.25) is 0 Å². The maximum Gasteiger partial charge on any atom is 0.200 e. The molecule has 0 atom stereocenters. The lowest BCUT2D eigenvalue weighted by Crippen LogP contribution is -2.25. The van der Waals surface area contributed by atoms with Gasteiger partial charge in [-0.3, -0.25) is 0 Å². The molecule has 0 aliphatic heterocycles. The van der Waals surface area contributed by atoms with Crippen molar-refractivity contribution in [3.63, 3.8) is 0 Å². The predicted octanol–water partition coefficient (Wildman–Crippen LogP) is 6.19. The number of nitrogens with zero attached hydrogens (tertiary/aromatic N) is 1. The number of hydrogen-bond donors (Lipinski definition) is 0. The molecule has 0 saturated carbocycles. The fraction of sp³-hybridized carbons (Fsp3) is 0. The van der Waals surface area contributed by atoms with Crippen LogP contribution < -0.4 is 15.9 Å². The molecule has 156 valence electrons. The van der Waals surface area contributed by atoms with Gasteiger partial charge >= 0.3 is 0 Å². The molecule has 4 rings (SSSR count). The van der Waals surface area contributed by atoms with Gasteiger partial charge in [0.1, 0.15) is 5.69 Å². The molecule has 0 N–H and O–H groups in total. The van der Waals surface area contributed by atoms with Gasteiger partial charge in [0.2, 0.25) is 5.82 Å². The van der Waals surface area contributed by atoms with E-state index in [9.17, 15) is 22.0 Å². The van der Waals surface area contributed by atoms with E-state index in [0.717, 1.165) is 0 Å². The van der Waals surface area contributed by atoms with Crippen LogP contribution in [-0.2, 0) is 0 Å². The zero-order chi connectivity index (χ0) is 22.0. The van der Waals surface area contributed by atoms with Crippen LogP contribution in [0.25, 0.3) is 0 Å². The van der Waals surface area contributed by atoms with E-state index in [-0.39, 0.29) is 0 Å². The second kappa shape index (κ2) is 8.48. The molecule has 0 fully saturated rings. The SMILES string of the molecule is Fc1c(F)c(F)c(N=P(c2ccccc2)(c2ccccc2)c2ccccc2)c(F)c1F. The second-order valence-corrected chi connectivity index (χ2v) is 9.68. The van der Waals surface area contributed by atoms with E-state index in [0.29, 0.717) is 15.9 Å².